The zero-order chi connectivity index (χ0) is 23.4. The van der Waals surface area contributed by atoms with E-state index in [9.17, 15) is 14.3 Å². The van der Waals surface area contributed by atoms with E-state index in [1.807, 2.05) is 12.1 Å². The van der Waals surface area contributed by atoms with Crippen molar-refractivity contribution in [2.24, 2.45) is 22.7 Å². The average molecular weight is 457 g/mol. The van der Waals surface area contributed by atoms with Crippen molar-refractivity contribution in [3.05, 3.63) is 59.4 Å². The number of halogens is 1. The van der Waals surface area contributed by atoms with Crippen LogP contribution in [-0.4, -0.2) is 36.5 Å². The van der Waals surface area contributed by atoms with E-state index in [2.05, 4.69) is 20.4 Å². The van der Waals surface area contributed by atoms with Gasteiger partial charge in [0.2, 0.25) is 0 Å². The molecule has 4 fully saturated rings. The molecule has 1 aromatic carbocycles. The topological polar surface area (TPSA) is 65.0 Å². The lowest BCUT2D eigenvalue weighted by molar-refractivity contribution is -0.307. The lowest BCUT2D eigenvalue weighted by Gasteiger charge is -2.62. The van der Waals surface area contributed by atoms with Crippen LogP contribution in [0.1, 0.15) is 57.8 Å². The Kier molecular flexibility index (Phi) is 5.74. The van der Waals surface area contributed by atoms with E-state index in [0.717, 1.165) is 25.7 Å². The molecule has 2 saturated heterocycles. The third-order valence-electron chi connectivity index (χ3n) is 8.81. The van der Waals surface area contributed by atoms with Gasteiger partial charge in [-0.1, -0.05) is 44.2 Å². The van der Waals surface area contributed by atoms with Crippen molar-refractivity contribution >= 4 is 5.97 Å². The number of benzene rings is 1. The first kappa shape index (κ1) is 22.8. The molecule has 0 aromatic heterocycles. The zero-order valence-corrected chi connectivity index (χ0v) is 19.4. The second-order valence-corrected chi connectivity index (χ2v) is 10.7. The van der Waals surface area contributed by atoms with Gasteiger partial charge in [-0.2, -0.15) is 0 Å². The van der Waals surface area contributed by atoms with Crippen molar-refractivity contribution in [3.63, 3.8) is 0 Å². The summed E-state index contributed by atoms with van der Waals surface area (Å²) in [6.45, 7) is 9.60. The summed E-state index contributed by atoms with van der Waals surface area (Å²) < 4.78 is 31.4. The van der Waals surface area contributed by atoms with Crippen LogP contribution in [0, 0.1) is 28.5 Å². The highest BCUT2D eigenvalue weighted by molar-refractivity contribution is 5.91. The Morgan fingerprint density at radius 2 is 2.09 bits per heavy atom. The maximum absolute atomic E-state index is 13.7. The molecule has 0 spiro atoms. The smallest absolute Gasteiger partial charge is 0.336 e. The Labute approximate surface area is 194 Å². The maximum atomic E-state index is 13.7. The first-order valence-electron chi connectivity index (χ1n) is 12.0. The van der Waals surface area contributed by atoms with Gasteiger partial charge in [-0.25, -0.2) is 9.18 Å². The van der Waals surface area contributed by atoms with Crippen molar-refractivity contribution in [3.8, 4) is 0 Å². The SMILES string of the molecule is C=C1CCC2C3(C)COC(c4cccc(F)c4)OC3CCC2(C)C1C/C=C1/C(=O)OCC1O. The van der Waals surface area contributed by atoms with E-state index in [0.29, 0.717) is 30.1 Å². The highest BCUT2D eigenvalue weighted by atomic mass is 19.1. The molecule has 7 unspecified atom stereocenters. The van der Waals surface area contributed by atoms with E-state index < -0.39 is 18.4 Å². The number of aliphatic hydroxyl groups is 1. The van der Waals surface area contributed by atoms with Crippen LogP contribution in [-0.2, 0) is 19.0 Å². The highest BCUT2D eigenvalue weighted by Crippen LogP contribution is 2.63. The second-order valence-electron chi connectivity index (χ2n) is 10.7. The zero-order valence-electron chi connectivity index (χ0n) is 19.4. The van der Waals surface area contributed by atoms with Crippen molar-refractivity contribution < 1.29 is 28.5 Å². The third kappa shape index (κ3) is 3.76. The van der Waals surface area contributed by atoms with Gasteiger partial charge >= 0.3 is 5.97 Å². The summed E-state index contributed by atoms with van der Waals surface area (Å²) in [5, 5.41) is 10.1. The van der Waals surface area contributed by atoms with Crippen LogP contribution in [0.3, 0.4) is 0 Å². The molecule has 1 aromatic rings. The van der Waals surface area contributed by atoms with Gasteiger partial charge in [-0.3, -0.25) is 0 Å². The fraction of sp³-hybridized carbons (Fsp3) is 0.593. The number of carbonyl (C=O) groups is 1. The van der Waals surface area contributed by atoms with Gasteiger partial charge in [0.1, 0.15) is 18.5 Å². The molecule has 6 heteroatoms. The minimum absolute atomic E-state index is 0.0104. The van der Waals surface area contributed by atoms with E-state index in [4.69, 9.17) is 14.2 Å². The number of hydrogen-bond donors (Lipinski definition) is 1. The number of fused-ring (bicyclic) bond motifs is 3. The Bertz CT molecular complexity index is 988. The number of aliphatic hydroxyl groups excluding tert-OH is 1. The van der Waals surface area contributed by atoms with Crippen LogP contribution in [0.25, 0.3) is 0 Å². The predicted octanol–water partition coefficient (Wildman–Crippen LogP) is 4.86. The standard InChI is InChI=1S/C27H33FO5/c1-16-7-10-22-26(2,20(16)9-8-19-21(29)14-31-24(19)30)12-11-23-27(22,3)15-32-25(33-23)17-5-4-6-18(28)13-17/h4-6,8,13,20-23,25,29H,1,7,9-12,14-15H2,2-3H3/b19-8+. The number of rotatable bonds is 3. The van der Waals surface area contributed by atoms with Gasteiger partial charge in [-0.15, -0.1) is 0 Å². The van der Waals surface area contributed by atoms with Gasteiger partial charge < -0.3 is 19.3 Å². The van der Waals surface area contributed by atoms with Crippen LogP contribution in [0.5, 0.6) is 0 Å². The third-order valence-corrected chi connectivity index (χ3v) is 8.81. The molecule has 0 radical (unpaired) electrons. The molecular formula is C27H33FO5. The minimum Gasteiger partial charge on any atom is -0.459 e. The molecular weight excluding hydrogens is 423 g/mol. The molecule has 4 aliphatic rings. The minimum atomic E-state index is -0.842. The van der Waals surface area contributed by atoms with Crippen molar-refractivity contribution in [2.45, 2.75) is 64.4 Å². The molecule has 5 rings (SSSR count). The van der Waals surface area contributed by atoms with Crippen molar-refractivity contribution in [1.82, 2.24) is 0 Å². The van der Waals surface area contributed by atoms with Gasteiger partial charge in [0.15, 0.2) is 6.29 Å². The molecule has 2 aliphatic carbocycles. The summed E-state index contributed by atoms with van der Waals surface area (Å²) >= 11 is 0. The molecule has 2 saturated carbocycles. The van der Waals surface area contributed by atoms with Crippen LogP contribution in [0.15, 0.2) is 48.1 Å². The first-order chi connectivity index (χ1) is 15.7. The Morgan fingerprint density at radius 3 is 2.82 bits per heavy atom. The summed E-state index contributed by atoms with van der Waals surface area (Å²) in [5.41, 5.74) is 2.13. The van der Waals surface area contributed by atoms with Crippen molar-refractivity contribution in [2.75, 3.05) is 13.2 Å². The van der Waals surface area contributed by atoms with Gasteiger partial charge in [0.25, 0.3) is 0 Å². The predicted molar refractivity (Wildman–Crippen MR) is 120 cm³/mol. The average Bonchev–Trinajstić information content (AvgIpc) is 3.10. The van der Waals surface area contributed by atoms with Gasteiger partial charge in [0, 0.05) is 11.0 Å². The molecule has 2 heterocycles. The van der Waals surface area contributed by atoms with Crippen LogP contribution < -0.4 is 0 Å². The Hall–Kier alpha value is -2.02. The van der Waals surface area contributed by atoms with Crippen LogP contribution in [0.4, 0.5) is 4.39 Å². The van der Waals surface area contributed by atoms with E-state index in [-0.39, 0.29) is 35.3 Å². The molecule has 2 aliphatic heterocycles. The molecule has 0 bridgehead atoms. The monoisotopic (exact) mass is 456 g/mol. The number of cyclic esters (lactones) is 1. The highest BCUT2D eigenvalue weighted by Gasteiger charge is 2.60. The fourth-order valence-electron chi connectivity index (χ4n) is 7.02. The molecule has 1 N–H and O–H groups in total. The maximum Gasteiger partial charge on any atom is 0.336 e. The second kappa shape index (κ2) is 8.33. The van der Waals surface area contributed by atoms with E-state index in [1.165, 1.54) is 17.7 Å². The largest absolute Gasteiger partial charge is 0.459 e. The molecule has 0 amide bonds. The lowest BCUT2D eigenvalue weighted by atomic mass is 9.46. The Balaban J connectivity index is 1.38. The van der Waals surface area contributed by atoms with E-state index in [1.54, 1.807) is 6.07 Å². The number of allylic oxidation sites excluding steroid dienone is 2. The van der Waals surface area contributed by atoms with Crippen LogP contribution in [0.2, 0.25) is 0 Å². The molecule has 178 valence electrons. The number of carbonyl (C=O) groups excluding carboxylic acids is 1. The first-order valence-corrected chi connectivity index (χ1v) is 12.0. The summed E-state index contributed by atoms with van der Waals surface area (Å²) in [6, 6.07) is 6.44. The summed E-state index contributed by atoms with van der Waals surface area (Å²) in [7, 11) is 0. The fourth-order valence-corrected chi connectivity index (χ4v) is 7.02. The number of hydrogen-bond acceptors (Lipinski definition) is 5. The lowest BCUT2D eigenvalue weighted by Crippen LogP contribution is -2.60. The van der Waals surface area contributed by atoms with Gasteiger partial charge in [0.05, 0.1) is 18.3 Å². The quantitative estimate of drug-likeness (QED) is 0.400. The molecule has 33 heavy (non-hydrogen) atoms. The van der Waals surface area contributed by atoms with Crippen LogP contribution >= 0.6 is 0 Å². The molecule has 5 nitrogen and oxygen atoms in total. The normalized spacial score (nSPS) is 42.1. The summed E-state index contributed by atoms with van der Waals surface area (Å²) in [6.07, 6.45) is 5.01. The molecule has 7 atom stereocenters. The van der Waals surface area contributed by atoms with Crippen molar-refractivity contribution in [1.29, 1.82) is 0 Å². The summed E-state index contributed by atoms with van der Waals surface area (Å²) in [5.74, 6) is -0.128. The van der Waals surface area contributed by atoms with E-state index >= 15 is 0 Å². The number of ether oxygens (including phenoxy) is 3. The summed E-state index contributed by atoms with van der Waals surface area (Å²) in [4.78, 5) is 12.0. The van der Waals surface area contributed by atoms with Gasteiger partial charge in [-0.05, 0) is 61.5 Å². The Morgan fingerprint density at radius 1 is 1.27 bits per heavy atom. The number of esters is 1.